The Labute approximate surface area is 75.9 Å². The van der Waals surface area contributed by atoms with Crippen molar-refractivity contribution in [3.63, 3.8) is 0 Å². The molecule has 1 unspecified atom stereocenters. The highest BCUT2D eigenvalue weighted by atomic mass is 16.5. The van der Waals surface area contributed by atoms with Gasteiger partial charge in [0.25, 0.3) is 5.91 Å². The van der Waals surface area contributed by atoms with Gasteiger partial charge in [-0.1, -0.05) is 18.2 Å². The highest BCUT2D eigenvalue weighted by Gasteiger charge is 2.40. The number of fused-ring (bicyclic) bond motifs is 3. The van der Waals surface area contributed by atoms with Crippen LogP contribution in [0.2, 0.25) is 0 Å². The zero-order valence-corrected chi connectivity index (χ0v) is 7.06. The molecule has 0 spiro atoms. The first-order valence-corrected chi connectivity index (χ1v) is 4.39. The van der Waals surface area contributed by atoms with Crippen molar-refractivity contribution in [2.45, 2.75) is 6.23 Å². The number of hydrogen-bond donors (Lipinski definition) is 0. The summed E-state index contributed by atoms with van der Waals surface area (Å²) in [4.78, 5) is 13.5. The van der Waals surface area contributed by atoms with Crippen LogP contribution in [0.1, 0.15) is 22.1 Å². The summed E-state index contributed by atoms with van der Waals surface area (Å²) in [6.45, 7) is 1.38. The summed E-state index contributed by atoms with van der Waals surface area (Å²) in [6, 6.07) is 7.65. The van der Waals surface area contributed by atoms with Gasteiger partial charge in [0.1, 0.15) is 0 Å². The molecule has 0 aromatic heterocycles. The molecule has 0 N–H and O–H groups in total. The fourth-order valence-corrected chi connectivity index (χ4v) is 2.00. The van der Waals surface area contributed by atoms with E-state index >= 15 is 0 Å². The molecular weight excluding hydrogens is 166 g/mol. The first-order valence-electron chi connectivity index (χ1n) is 4.39. The quantitative estimate of drug-likeness (QED) is 0.592. The van der Waals surface area contributed by atoms with E-state index in [0.717, 1.165) is 17.7 Å². The lowest BCUT2D eigenvalue weighted by atomic mass is 10.1. The third kappa shape index (κ3) is 0.795. The molecule has 3 nitrogen and oxygen atoms in total. The predicted molar refractivity (Wildman–Crippen MR) is 46.2 cm³/mol. The van der Waals surface area contributed by atoms with E-state index in [-0.39, 0.29) is 12.1 Å². The SMILES string of the molecule is O=C1c2ccccc2C2OCCN12. The van der Waals surface area contributed by atoms with Gasteiger partial charge in [-0.05, 0) is 6.07 Å². The first kappa shape index (κ1) is 7.09. The van der Waals surface area contributed by atoms with Gasteiger partial charge in [-0.2, -0.15) is 0 Å². The van der Waals surface area contributed by atoms with E-state index in [4.69, 9.17) is 4.74 Å². The molecule has 2 heterocycles. The van der Waals surface area contributed by atoms with E-state index < -0.39 is 0 Å². The predicted octanol–water partition coefficient (Wildman–Crippen LogP) is 1.17. The van der Waals surface area contributed by atoms with E-state index in [9.17, 15) is 4.79 Å². The van der Waals surface area contributed by atoms with E-state index in [1.807, 2.05) is 24.3 Å². The van der Waals surface area contributed by atoms with Crippen molar-refractivity contribution < 1.29 is 9.53 Å². The van der Waals surface area contributed by atoms with Crippen molar-refractivity contribution in [3.8, 4) is 0 Å². The molecule has 2 aliphatic rings. The second-order valence-corrected chi connectivity index (χ2v) is 3.31. The molecule has 0 saturated carbocycles. The molecule has 66 valence electrons. The molecule has 0 aliphatic carbocycles. The Morgan fingerprint density at radius 3 is 3.15 bits per heavy atom. The van der Waals surface area contributed by atoms with Crippen LogP contribution < -0.4 is 0 Å². The normalized spacial score (nSPS) is 24.8. The number of carbonyl (C=O) groups excluding carboxylic acids is 1. The minimum Gasteiger partial charge on any atom is -0.352 e. The molecule has 3 heteroatoms. The summed E-state index contributed by atoms with van der Waals surface area (Å²) in [7, 11) is 0. The molecular formula is C10H9NO2. The second-order valence-electron chi connectivity index (χ2n) is 3.31. The Balaban J connectivity index is 2.19. The maximum atomic E-state index is 11.7. The van der Waals surface area contributed by atoms with Gasteiger partial charge in [0.2, 0.25) is 0 Å². The molecule has 2 aliphatic heterocycles. The van der Waals surface area contributed by atoms with Crippen LogP contribution in [0.15, 0.2) is 24.3 Å². The molecule has 1 fully saturated rings. The van der Waals surface area contributed by atoms with Crippen LogP contribution in [0.4, 0.5) is 0 Å². The number of carbonyl (C=O) groups is 1. The molecule has 0 bridgehead atoms. The van der Waals surface area contributed by atoms with Crippen molar-refractivity contribution in [2.75, 3.05) is 13.2 Å². The van der Waals surface area contributed by atoms with Crippen LogP contribution in [0.25, 0.3) is 0 Å². The van der Waals surface area contributed by atoms with Gasteiger partial charge in [0.15, 0.2) is 6.23 Å². The molecule has 3 rings (SSSR count). The van der Waals surface area contributed by atoms with Gasteiger partial charge in [-0.3, -0.25) is 4.79 Å². The number of hydrogen-bond acceptors (Lipinski definition) is 2. The fraction of sp³-hybridized carbons (Fsp3) is 0.300. The number of ether oxygens (including phenoxy) is 1. The number of benzene rings is 1. The second kappa shape index (κ2) is 2.33. The molecule has 1 aromatic rings. The van der Waals surface area contributed by atoms with Gasteiger partial charge >= 0.3 is 0 Å². The Morgan fingerprint density at radius 2 is 2.23 bits per heavy atom. The molecule has 1 amide bonds. The Morgan fingerprint density at radius 1 is 1.38 bits per heavy atom. The highest BCUT2D eigenvalue weighted by Crippen LogP contribution is 2.36. The van der Waals surface area contributed by atoms with Gasteiger partial charge in [-0.15, -0.1) is 0 Å². The summed E-state index contributed by atoms with van der Waals surface area (Å²) in [5.41, 5.74) is 1.82. The number of amides is 1. The van der Waals surface area contributed by atoms with Crippen LogP contribution in [-0.2, 0) is 4.74 Å². The van der Waals surface area contributed by atoms with E-state index in [1.165, 1.54) is 0 Å². The smallest absolute Gasteiger partial charge is 0.256 e. The maximum absolute atomic E-state index is 11.7. The van der Waals surface area contributed by atoms with Crippen LogP contribution in [0.5, 0.6) is 0 Å². The summed E-state index contributed by atoms with van der Waals surface area (Å²) < 4.78 is 5.48. The van der Waals surface area contributed by atoms with E-state index in [0.29, 0.717) is 6.61 Å². The van der Waals surface area contributed by atoms with Crippen molar-refractivity contribution in [2.24, 2.45) is 0 Å². The standard InChI is InChI=1S/C10H9NO2/c12-9-7-3-1-2-4-8(7)10-11(9)5-6-13-10/h1-4,10H,5-6H2. The average Bonchev–Trinajstić information content (AvgIpc) is 2.72. The molecule has 0 radical (unpaired) electrons. The summed E-state index contributed by atoms with van der Waals surface area (Å²) in [5, 5.41) is 0. The zero-order chi connectivity index (χ0) is 8.84. The third-order valence-corrected chi connectivity index (χ3v) is 2.61. The van der Waals surface area contributed by atoms with Gasteiger partial charge in [0, 0.05) is 17.7 Å². The Bertz CT molecular complexity index is 375. The lowest BCUT2D eigenvalue weighted by molar-refractivity contribution is 0.0378. The summed E-state index contributed by atoms with van der Waals surface area (Å²) in [5.74, 6) is 0.109. The third-order valence-electron chi connectivity index (χ3n) is 2.61. The van der Waals surface area contributed by atoms with Crippen molar-refractivity contribution in [1.82, 2.24) is 4.90 Å². The average molecular weight is 175 g/mol. The maximum Gasteiger partial charge on any atom is 0.256 e. The van der Waals surface area contributed by atoms with Crippen molar-refractivity contribution >= 4 is 5.91 Å². The topological polar surface area (TPSA) is 29.5 Å². The van der Waals surface area contributed by atoms with Crippen LogP contribution in [-0.4, -0.2) is 24.0 Å². The van der Waals surface area contributed by atoms with Gasteiger partial charge < -0.3 is 9.64 Å². The monoisotopic (exact) mass is 175 g/mol. The minimum absolute atomic E-state index is 0.108. The largest absolute Gasteiger partial charge is 0.352 e. The van der Waals surface area contributed by atoms with E-state index in [1.54, 1.807) is 4.90 Å². The molecule has 13 heavy (non-hydrogen) atoms. The van der Waals surface area contributed by atoms with Gasteiger partial charge in [-0.25, -0.2) is 0 Å². The van der Waals surface area contributed by atoms with Crippen molar-refractivity contribution in [1.29, 1.82) is 0 Å². The number of rotatable bonds is 0. The minimum atomic E-state index is -0.108. The zero-order valence-electron chi connectivity index (χ0n) is 7.06. The molecule has 1 aromatic carbocycles. The highest BCUT2D eigenvalue weighted by molar-refractivity contribution is 5.99. The van der Waals surface area contributed by atoms with E-state index in [2.05, 4.69) is 0 Å². The van der Waals surface area contributed by atoms with Crippen LogP contribution in [0, 0.1) is 0 Å². The Kier molecular flexibility index (Phi) is 1.27. The fourth-order valence-electron chi connectivity index (χ4n) is 2.00. The van der Waals surface area contributed by atoms with Crippen LogP contribution in [0.3, 0.4) is 0 Å². The van der Waals surface area contributed by atoms with Crippen LogP contribution >= 0.6 is 0 Å². The number of nitrogens with zero attached hydrogens (tertiary/aromatic N) is 1. The Hall–Kier alpha value is -1.35. The molecule has 1 saturated heterocycles. The summed E-state index contributed by atoms with van der Waals surface area (Å²) in [6.07, 6.45) is -0.108. The van der Waals surface area contributed by atoms with Crippen molar-refractivity contribution in [3.05, 3.63) is 35.4 Å². The summed E-state index contributed by atoms with van der Waals surface area (Å²) >= 11 is 0. The van der Waals surface area contributed by atoms with Gasteiger partial charge in [0.05, 0.1) is 6.61 Å². The lowest BCUT2D eigenvalue weighted by Crippen LogP contribution is -2.23. The molecule has 1 atom stereocenters. The lowest BCUT2D eigenvalue weighted by Gasteiger charge is -2.12. The first-order chi connectivity index (χ1) is 6.38.